The fourth-order valence-corrected chi connectivity index (χ4v) is 3.50. The first kappa shape index (κ1) is 21.4. The molecule has 2 fully saturated rings. The number of aliphatic imine (C=N–C) groups is 1. The number of aromatic nitrogens is 1. The number of nitrogens with zero attached hydrogens (tertiary/aromatic N) is 3. The number of piperidine rings is 1. The Morgan fingerprint density at radius 1 is 1.42 bits per heavy atom. The molecule has 0 amide bonds. The Balaban J connectivity index is 0.00000243. The number of pyridine rings is 1. The Morgan fingerprint density at radius 2 is 2.31 bits per heavy atom. The number of guanidine groups is 1. The number of likely N-dealkylation sites (tertiary alicyclic amines) is 1. The third-order valence-electron chi connectivity index (χ3n) is 4.93. The van der Waals surface area contributed by atoms with Gasteiger partial charge < -0.3 is 20.1 Å². The van der Waals surface area contributed by atoms with E-state index in [4.69, 9.17) is 9.73 Å². The molecule has 2 saturated heterocycles. The monoisotopic (exact) mass is 474 g/mol. The summed E-state index contributed by atoms with van der Waals surface area (Å²) in [5, 5.41) is 13.6. The van der Waals surface area contributed by atoms with Gasteiger partial charge in [-0.25, -0.2) is 0 Å². The summed E-state index contributed by atoms with van der Waals surface area (Å²) in [4.78, 5) is 11.4. The first-order valence-corrected chi connectivity index (χ1v) is 9.48. The highest BCUT2D eigenvalue weighted by Crippen LogP contribution is 2.16. The van der Waals surface area contributed by atoms with Crippen LogP contribution in [0.3, 0.4) is 0 Å². The standard InChI is InChI=1S/C19H30N4O2.HI/c1-15(18-8-5-13-25-18)22-19(23-12-4-7-17(24)14-23)21-11-9-16-6-2-3-10-20-16;/h2-3,6,10,15,17-18,24H,4-5,7-9,11-14H2,1H3,(H,21,22);1H. The zero-order valence-corrected chi connectivity index (χ0v) is 17.8. The maximum Gasteiger partial charge on any atom is 0.194 e. The summed E-state index contributed by atoms with van der Waals surface area (Å²) in [6, 6.07) is 6.18. The van der Waals surface area contributed by atoms with E-state index in [-0.39, 0.29) is 42.2 Å². The smallest absolute Gasteiger partial charge is 0.194 e. The molecule has 2 N–H and O–H groups in total. The van der Waals surface area contributed by atoms with Crippen molar-refractivity contribution in [3.63, 3.8) is 0 Å². The summed E-state index contributed by atoms with van der Waals surface area (Å²) < 4.78 is 5.80. The van der Waals surface area contributed by atoms with Gasteiger partial charge in [-0.05, 0) is 44.7 Å². The Bertz CT molecular complexity index is 552. The van der Waals surface area contributed by atoms with Crippen LogP contribution in [0, 0.1) is 0 Å². The van der Waals surface area contributed by atoms with Gasteiger partial charge in [0.2, 0.25) is 0 Å². The zero-order chi connectivity index (χ0) is 17.5. The summed E-state index contributed by atoms with van der Waals surface area (Å²) in [5.41, 5.74) is 1.05. The van der Waals surface area contributed by atoms with Crippen LogP contribution in [0.2, 0.25) is 0 Å². The second-order valence-electron chi connectivity index (χ2n) is 7.00. The van der Waals surface area contributed by atoms with Crippen molar-refractivity contribution in [2.24, 2.45) is 4.99 Å². The highest BCUT2D eigenvalue weighted by Gasteiger charge is 2.26. The molecule has 1 aromatic rings. The van der Waals surface area contributed by atoms with Crippen molar-refractivity contribution in [2.45, 2.75) is 57.3 Å². The van der Waals surface area contributed by atoms with E-state index in [0.29, 0.717) is 13.1 Å². The Labute approximate surface area is 173 Å². The lowest BCUT2D eigenvalue weighted by Crippen LogP contribution is -2.52. The van der Waals surface area contributed by atoms with Crippen LogP contribution >= 0.6 is 24.0 Å². The summed E-state index contributed by atoms with van der Waals surface area (Å²) in [7, 11) is 0. The van der Waals surface area contributed by atoms with Gasteiger partial charge in [-0.3, -0.25) is 9.98 Å². The molecule has 146 valence electrons. The Morgan fingerprint density at radius 3 is 3.00 bits per heavy atom. The molecule has 0 radical (unpaired) electrons. The minimum absolute atomic E-state index is 0. The molecule has 3 heterocycles. The average Bonchev–Trinajstić information content (AvgIpc) is 3.16. The van der Waals surface area contributed by atoms with Gasteiger partial charge in [0, 0.05) is 44.6 Å². The van der Waals surface area contributed by atoms with Gasteiger partial charge in [0.05, 0.1) is 18.2 Å². The lowest BCUT2D eigenvalue weighted by molar-refractivity contribution is 0.0832. The number of hydrogen-bond acceptors (Lipinski definition) is 4. The van der Waals surface area contributed by atoms with E-state index in [1.54, 1.807) is 0 Å². The molecule has 3 atom stereocenters. The number of rotatable bonds is 5. The van der Waals surface area contributed by atoms with Gasteiger partial charge in [-0.2, -0.15) is 0 Å². The zero-order valence-electron chi connectivity index (χ0n) is 15.5. The molecule has 0 saturated carbocycles. The van der Waals surface area contributed by atoms with Crippen molar-refractivity contribution < 1.29 is 9.84 Å². The normalized spacial score (nSPS) is 24.8. The van der Waals surface area contributed by atoms with Gasteiger partial charge in [0.15, 0.2) is 5.96 Å². The second kappa shape index (κ2) is 11.0. The lowest BCUT2D eigenvalue weighted by atomic mass is 10.1. The van der Waals surface area contributed by atoms with Gasteiger partial charge in [0.1, 0.15) is 0 Å². The van der Waals surface area contributed by atoms with E-state index in [0.717, 1.165) is 56.9 Å². The third-order valence-corrected chi connectivity index (χ3v) is 4.93. The highest BCUT2D eigenvalue weighted by atomic mass is 127. The SMILES string of the molecule is CC(NC(=NCCc1ccccn1)N1CCCC(O)C1)C1CCCO1.I. The maximum atomic E-state index is 10.0. The molecular weight excluding hydrogens is 443 g/mol. The van der Waals surface area contributed by atoms with E-state index in [2.05, 4.69) is 22.1 Å². The van der Waals surface area contributed by atoms with E-state index in [1.165, 1.54) is 0 Å². The van der Waals surface area contributed by atoms with Crippen LogP contribution in [0.5, 0.6) is 0 Å². The minimum Gasteiger partial charge on any atom is -0.391 e. The van der Waals surface area contributed by atoms with Gasteiger partial charge in [-0.1, -0.05) is 6.07 Å². The van der Waals surface area contributed by atoms with Gasteiger partial charge in [-0.15, -0.1) is 24.0 Å². The predicted molar refractivity (Wildman–Crippen MR) is 114 cm³/mol. The molecule has 0 aliphatic carbocycles. The fourth-order valence-electron chi connectivity index (χ4n) is 3.50. The topological polar surface area (TPSA) is 70.0 Å². The molecule has 26 heavy (non-hydrogen) atoms. The van der Waals surface area contributed by atoms with Crippen LogP contribution in [-0.4, -0.2) is 65.4 Å². The lowest BCUT2D eigenvalue weighted by Gasteiger charge is -2.35. The van der Waals surface area contributed by atoms with Crippen molar-refractivity contribution in [1.82, 2.24) is 15.2 Å². The minimum atomic E-state index is -0.269. The molecule has 2 aliphatic rings. The molecule has 3 rings (SSSR count). The molecule has 0 spiro atoms. The largest absolute Gasteiger partial charge is 0.391 e. The number of halogens is 1. The highest BCUT2D eigenvalue weighted by molar-refractivity contribution is 14.0. The molecule has 3 unspecified atom stereocenters. The summed E-state index contributed by atoms with van der Waals surface area (Å²) in [6.07, 6.45) is 6.71. The Kier molecular flexibility index (Phi) is 9.07. The first-order valence-electron chi connectivity index (χ1n) is 9.48. The summed E-state index contributed by atoms with van der Waals surface area (Å²) >= 11 is 0. The predicted octanol–water partition coefficient (Wildman–Crippen LogP) is 2.21. The molecule has 2 aliphatic heterocycles. The number of hydrogen-bond donors (Lipinski definition) is 2. The maximum absolute atomic E-state index is 10.0. The number of nitrogens with one attached hydrogen (secondary N) is 1. The van der Waals surface area contributed by atoms with Crippen molar-refractivity contribution in [2.75, 3.05) is 26.2 Å². The quantitative estimate of drug-likeness (QED) is 0.389. The van der Waals surface area contributed by atoms with E-state index in [1.807, 2.05) is 24.4 Å². The number of β-amino-alcohol motifs (C(OH)–C–C–N with tert-alkyl or cyclic N) is 1. The van der Waals surface area contributed by atoms with Crippen LogP contribution in [0.25, 0.3) is 0 Å². The van der Waals surface area contributed by atoms with Gasteiger partial charge in [0.25, 0.3) is 0 Å². The number of ether oxygens (including phenoxy) is 1. The van der Waals surface area contributed by atoms with E-state index in [9.17, 15) is 5.11 Å². The summed E-state index contributed by atoms with van der Waals surface area (Å²) in [5.74, 6) is 0.887. The van der Waals surface area contributed by atoms with Crippen molar-refractivity contribution in [3.8, 4) is 0 Å². The fraction of sp³-hybridized carbons (Fsp3) is 0.684. The average molecular weight is 474 g/mol. The number of aliphatic hydroxyl groups excluding tert-OH is 1. The Hall–Kier alpha value is -0.930. The number of aliphatic hydroxyl groups is 1. The van der Waals surface area contributed by atoms with Crippen molar-refractivity contribution in [1.29, 1.82) is 0 Å². The van der Waals surface area contributed by atoms with Crippen LogP contribution in [0.1, 0.15) is 38.3 Å². The molecular formula is C19H31IN4O2. The van der Waals surface area contributed by atoms with Crippen molar-refractivity contribution >= 4 is 29.9 Å². The van der Waals surface area contributed by atoms with Crippen LogP contribution in [0.4, 0.5) is 0 Å². The summed E-state index contributed by atoms with van der Waals surface area (Å²) in [6.45, 7) is 5.28. The molecule has 7 heteroatoms. The van der Waals surface area contributed by atoms with Crippen molar-refractivity contribution in [3.05, 3.63) is 30.1 Å². The second-order valence-corrected chi connectivity index (χ2v) is 7.00. The molecule has 6 nitrogen and oxygen atoms in total. The third kappa shape index (κ3) is 6.35. The van der Waals surface area contributed by atoms with E-state index < -0.39 is 0 Å². The molecule has 0 bridgehead atoms. The van der Waals surface area contributed by atoms with Crippen LogP contribution < -0.4 is 5.32 Å². The first-order chi connectivity index (χ1) is 12.2. The molecule has 0 aromatic carbocycles. The van der Waals surface area contributed by atoms with E-state index >= 15 is 0 Å². The van der Waals surface area contributed by atoms with Gasteiger partial charge >= 0.3 is 0 Å². The van der Waals surface area contributed by atoms with Crippen LogP contribution in [-0.2, 0) is 11.2 Å². The van der Waals surface area contributed by atoms with Crippen LogP contribution in [0.15, 0.2) is 29.4 Å². The molecule has 1 aromatic heterocycles.